The molecule has 0 aliphatic heterocycles. The van der Waals surface area contributed by atoms with Gasteiger partial charge in [-0.05, 0) is 18.9 Å². The highest BCUT2D eigenvalue weighted by Crippen LogP contribution is 2.29. The lowest BCUT2D eigenvalue weighted by atomic mass is 9.83. The SMILES string of the molecule is O=C(NC1(CCl)CCCCC1)c1ccnnc1. The minimum Gasteiger partial charge on any atom is -0.345 e. The zero-order valence-corrected chi connectivity index (χ0v) is 10.4. The molecule has 5 heteroatoms. The minimum absolute atomic E-state index is 0.109. The van der Waals surface area contributed by atoms with Crippen LogP contribution in [0.25, 0.3) is 0 Å². The Labute approximate surface area is 106 Å². The van der Waals surface area contributed by atoms with E-state index in [1.165, 1.54) is 18.8 Å². The van der Waals surface area contributed by atoms with E-state index in [2.05, 4.69) is 15.5 Å². The first kappa shape index (κ1) is 12.3. The van der Waals surface area contributed by atoms with Gasteiger partial charge in [-0.25, -0.2) is 0 Å². The Balaban J connectivity index is 2.06. The van der Waals surface area contributed by atoms with E-state index < -0.39 is 0 Å². The fourth-order valence-electron chi connectivity index (χ4n) is 2.26. The minimum atomic E-state index is -0.236. The van der Waals surface area contributed by atoms with E-state index in [-0.39, 0.29) is 11.4 Å². The molecule has 1 N–H and O–H groups in total. The van der Waals surface area contributed by atoms with Gasteiger partial charge in [-0.2, -0.15) is 10.2 Å². The summed E-state index contributed by atoms with van der Waals surface area (Å²) in [5, 5.41) is 10.4. The average Bonchev–Trinajstić information content (AvgIpc) is 2.41. The molecule has 1 heterocycles. The topological polar surface area (TPSA) is 54.9 Å². The zero-order chi connectivity index (χ0) is 12.1. The van der Waals surface area contributed by atoms with E-state index in [9.17, 15) is 4.79 Å². The first-order chi connectivity index (χ1) is 8.26. The Morgan fingerprint density at radius 3 is 2.71 bits per heavy atom. The summed E-state index contributed by atoms with van der Waals surface area (Å²) in [4.78, 5) is 12.0. The van der Waals surface area contributed by atoms with Crippen LogP contribution in [0.4, 0.5) is 0 Å². The molecule has 0 unspecified atom stereocenters. The van der Waals surface area contributed by atoms with Crippen molar-refractivity contribution in [2.45, 2.75) is 37.6 Å². The van der Waals surface area contributed by atoms with E-state index in [1.807, 2.05) is 0 Å². The quantitative estimate of drug-likeness (QED) is 0.840. The molecule has 92 valence electrons. The number of hydrogen-bond donors (Lipinski definition) is 1. The molecule has 1 aliphatic rings. The molecule has 0 spiro atoms. The van der Waals surface area contributed by atoms with Gasteiger partial charge in [0.1, 0.15) is 0 Å². The van der Waals surface area contributed by atoms with Crippen LogP contribution in [-0.4, -0.2) is 27.5 Å². The molecule has 4 nitrogen and oxygen atoms in total. The Hall–Kier alpha value is -1.16. The molecule has 1 saturated carbocycles. The summed E-state index contributed by atoms with van der Waals surface area (Å²) < 4.78 is 0. The highest BCUT2D eigenvalue weighted by Gasteiger charge is 2.32. The third kappa shape index (κ3) is 2.94. The van der Waals surface area contributed by atoms with Crippen LogP contribution in [0.2, 0.25) is 0 Å². The van der Waals surface area contributed by atoms with Crippen LogP contribution in [0.1, 0.15) is 42.5 Å². The normalized spacial score (nSPS) is 18.6. The van der Waals surface area contributed by atoms with Gasteiger partial charge in [0, 0.05) is 5.88 Å². The number of amides is 1. The van der Waals surface area contributed by atoms with Crippen LogP contribution >= 0.6 is 11.6 Å². The largest absolute Gasteiger partial charge is 0.345 e. The Bertz CT molecular complexity index is 377. The van der Waals surface area contributed by atoms with Crippen LogP contribution < -0.4 is 5.32 Å². The summed E-state index contributed by atoms with van der Waals surface area (Å²) in [5.74, 6) is 0.361. The maximum absolute atomic E-state index is 12.0. The molecule has 2 rings (SSSR count). The lowest BCUT2D eigenvalue weighted by molar-refractivity contribution is 0.0884. The van der Waals surface area contributed by atoms with E-state index in [1.54, 1.807) is 6.07 Å². The number of halogens is 1. The van der Waals surface area contributed by atoms with Gasteiger partial charge >= 0.3 is 0 Å². The maximum Gasteiger partial charge on any atom is 0.253 e. The molecular formula is C12H16ClN3O. The van der Waals surface area contributed by atoms with Crippen molar-refractivity contribution in [2.75, 3.05) is 5.88 Å². The number of nitrogens with zero attached hydrogens (tertiary/aromatic N) is 2. The predicted octanol–water partition coefficient (Wildman–Crippen LogP) is 2.15. The molecule has 0 radical (unpaired) electrons. The van der Waals surface area contributed by atoms with Crippen molar-refractivity contribution in [2.24, 2.45) is 0 Å². The van der Waals surface area contributed by atoms with Crippen LogP contribution in [0.3, 0.4) is 0 Å². The number of alkyl halides is 1. The monoisotopic (exact) mass is 253 g/mol. The summed E-state index contributed by atoms with van der Waals surface area (Å²) in [6, 6.07) is 1.66. The van der Waals surface area contributed by atoms with Gasteiger partial charge in [0.15, 0.2) is 0 Å². The van der Waals surface area contributed by atoms with Crippen molar-refractivity contribution >= 4 is 17.5 Å². The van der Waals surface area contributed by atoms with Gasteiger partial charge in [-0.3, -0.25) is 4.79 Å². The summed E-state index contributed by atoms with van der Waals surface area (Å²) in [7, 11) is 0. The molecule has 0 saturated heterocycles. The number of nitrogens with one attached hydrogen (secondary N) is 1. The third-order valence-electron chi connectivity index (χ3n) is 3.29. The van der Waals surface area contributed by atoms with Gasteiger partial charge in [-0.15, -0.1) is 11.6 Å². The molecule has 1 aliphatic carbocycles. The first-order valence-corrected chi connectivity index (χ1v) is 6.44. The van der Waals surface area contributed by atoms with Gasteiger partial charge in [0.2, 0.25) is 0 Å². The van der Waals surface area contributed by atoms with Crippen LogP contribution in [-0.2, 0) is 0 Å². The van der Waals surface area contributed by atoms with E-state index in [4.69, 9.17) is 11.6 Å². The van der Waals surface area contributed by atoms with Crippen molar-refractivity contribution in [3.05, 3.63) is 24.0 Å². The maximum atomic E-state index is 12.0. The molecule has 0 bridgehead atoms. The lowest BCUT2D eigenvalue weighted by Crippen LogP contribution is -2.51. The van der Waals surface area contributed by atoms with Crippen molar-refractivity contribution in [1.82, 2.24) is 15.5 Å². The Kier molecular flexibility index (Phi) is 3.94. The predicted molar refractivity (Wildman–Crippen MR) is 66.0 cm³/mol. The standard InChI is InChI=1S/C12H16ClN3O/c13-9-12(5-2-1-3-6-12)16-11(17)10-4-7-14-15-8-10/h4,7-8H,1-3,5-6,9H2,(H,16,17). The number of carbonyl (C=O) groups excluding carboxylic acids is 1. The second-order valence-corrected chi connectivity index (χ2v) is 4.83. The molecular weight excluding hydrogens is 238 g/mol. The third-order valence-corrected chi connectivity index (χ3v) is 3.80. The van der Waals surface area contributed by atoms with Crippen molar-refractivity contribution in [3.63, 3.8) is 0 Å². The summed E-state index contributed by atoms with van der Waals surface area (Å²) in [5.41, 5.74) is 0.301. The molecule has 1 amide bonds. The fraction of sp³-hybridized carbons (Fsp3) is 0.583. The van der Waals surface area contributed by atoms with Crippen molar-refractivity contribution in [3.8, 4) is 0 Å². The van der Waals surface area contributed by atoms with Crippen LogP contribution in [0.5, 0.6) is 0 Å². The second-order valence-electron chi connectivity index (χ2n) is 4.56. The molecule has 17 heavy (non-hydrogen) atoms. The Morgan fingerprint density at radius 1 is 1.35 bits per heavy atom. The van der Waals surface area contributed by atoms with Gasteiger partial charge in [0.05, 0.1) is 23.5 Å². The number of carbonyl (C=O) groups is 1. The van der Waals surface area contributed by atoms with Gasteiger partial charge < -0.3 is 5.32 Å². The van der Waals surface area contributed by atoms with Gasteiger partial charge in [0.25, 0.3) is 5.91 Å². The smallest absolute Gasteiger partial charge is 0.253 e. The molecule has 1 aromatic rings. The molecule has 1 aromatic heterocycles. The molecule has 0 aromatic carbocycles. The van der Waals surface area contributed by atoms with E-state index in [0.29, 0.717) is 11.4 Å². The zero-order valence-electron chi connectivity index (χ0n) is 9.66. The Morgan fingerprint density at radius 2 is 2.12 bits per heavy atom. The summed E-state index contributed by atoms with van der Waals surface area (Å²) >= 11 is 6.03. The fourth-order valence-corrected chi connectivity index (χ4v) is 2.59. The lowest BCUT2D eigenvalue weighted by Gasteiger charge is -2.36. The first-order valence-electron chi connectivity index (χ1n) is 5.91. The highest BCUT2D eigenvalue weighted by molar-refractivity contribution is 6.19. The van der Waals surface area contributed by atoms with Crippen molar-refractivity contribution in [1.29, 1.82) is 0 Å². The van der Waals surface area contributed by atoms with E-state index in [0.717, 1.165) is 25.7 Å². The second kappa shape index (κ2) is 5.45. The van der Waals surface area contributed by atoms with Gasteiger partial charge in [-0.1, -0.05) is 19.3 Å². The highest BCUT2D eigenvalue weighted by atomic mass is 35.5. The molecule has 0 atom stereocenters. The van der Waals surface area contributed by atoms with Crippen LogP contribution in [0, 0.1) is 0 Å². The van der Waals surface area contributed by atoms with Crippen LogP contribution in [0.15, 0.2) is 18.5 Å². The van der Waals surface area contributed by atoms with E-state index >= 15 is 0 Å². The number of hydrogen-bond acceptors (Lipinski definition) is 3. The summed E-state index contributed by atoms with van der Waals surface area (Å²) in [6.45, 7) is 0. The number of rotatable bonds is 3. The van der Waals surface area contributed by atoms with Crippen molar-refractivity contribution < 1.29 is 4.79 Å². The average molecular weight is 254 g/mol. The number of aromatic nitrogens is 2. The summed E-state index contributed by atoms with van der Waals surface area (Å²) in [6.07, 6.45) is 8.39. The molecule has 1 fully saturated rings.